The standard InChI is InChI=1S/C30H33F3N2O2S/c31-30(32,33)21-8-11-26-24(17-21)25-19-37-22(9-10-23(25)28(34-26)20-5-2-1-3-6-20)18-35-14-12-29(36,13-15-35)27-7-4-16-38-27/h1-8,11,16-17,22-23,25,28,34,36H,9-10,12-15,18-19H2/t22-,23-,25+,28+/m1/s1. The molecule has 2 aromatic carbocycles. The number of thiophene rings is 1. The molecule has 0 amide bonds. The first kappa shape index (κ1) is 25.9. The quantitative estimate of drug-likeness (QED) is 0.381. The van der Waals surface area contributed by atoms with E-state index in [0.29, 0.717) is 25.0 Å². The van der Waals surface area contributed by atoms with Crippen molar-refractivity contribution in [3.63, 3.8) is 0 Å². The normalized spacial score (nSPS) is 27.6. The Morgan fingerprint density at radius 1 is 1.03 bits per heavy atom. The molecule has 2 fully saturated rings. The number of nitrogens with zero attached hydrogens (tertiary/aromatic N) is 1. The number of fused-ring (bicyclic) bond motifs is 3. The molecule has 0 aliphatic carbocycles. The van der Waals surface area contributed by atoms with E-state index in [1.807, 2.05) is 35.7 Å². The van der Waals surface area contributed by atoms with Gasteiger partial charge in [0.05, 0.1) is 24.3 Å². The smallest absolute Gasteiger partial charge is 0.384 e. The van der Waals surface area contributed by atoms with E-state index in [1.54, 1.807) is 17.4 Å². The molecule has 4 heterocycles. The first-order valence-corrected chi connectivity index (χ1v) is 14.3. The third-order valence-corrected chi connectivity index (χ3v) is 9.71. The van der Waals surface area contributed by atoms with E-state index in [-0.39, 0.29) is 24.0 Å². The molecular formula is C30H33F3N2O2S. The molecule has 0 unspecified atom stereocenters. The average Bonchev–Trinajstić information content (AvgIpc) is 3.39. The van der Waals surface area contributed by atoms with E-state index in [4.69, 9.17) is 4.74 Å². The van der Waals surface area contributed by atoms with Crippen LogP contribution in [0.2, 0.25) is 0 Å². The number of hydrogen-bond donors (Lipinski definition) is 2. The molecule has 0 saturated carbocycles. The topological polar surface area (TPSA) is 44.7 Å². The Kier molecular flexibility index (Phi) is 7.01. The van der Waals surface area contributed by atoms with Crippen LogP contribution in [-0.4, -0.2) is 42.4 Å². The van der Waals surface area contributed by atoms with Crippen LogP contribution < -0.4 is 5.32 Å². The van der Waals surface area contributed by atoms with Crippen molar-refractivity contribution in [2.75, 3.05) is 31.6 Å². The van der Waals surface area contributed by atoms with Crippen LogP contribution >= 0.6 is 11.3 Å². The van der Waals surface area contributed by atoms with Crippen molar-refractivity contribution in [2.45, 2.75) is 55.5 Å². The fraction of sp³-hybridized carbons (Fsp3) is 0.467. The molecule has 2 N–H and O–H groups in total. The number of benzene rings is 2. The van der Waals surface area contributed by atoms with Gasteiger partial charge in [-0.2, -0.15) is 13.2 Å². The highest BCUT2D eigenvalue weighted by Gasteiger charge is 2.42. The van der Waals surface area contributed by atoms with Crippen molar-refractivity contribution in [3.8, 4) is 0 Å². The SMILES string of the molecule is OC1(c2cccs2)CCN(C[C@H]2CC[C@@H]3[C@H](CO2)c2cc(C(F)(F)F)ccc2N[C@H]3c2ccccc2)CC1. The highest BCUT2D eigenvalue weighted by molar-refractivity contribution is 7.10. The molecule has 38 heavy (non-hydrogen) atoms. The first-order valence-electron chi connectivity index (χ1n) is 13.4. The van der Waals surface area contributed by atoms with Crippen molar-refractivity contribution in [2.24, 2.45) is 5.92 Å². The molecule has 0 radical (unpaired) electrons. The lowest BCUT2D eigenvalue weighted by molar-refractivity contribution is -0.137. The van der Waals surface area contributed by atoms with Crippen LogP contribution in [0, 0.1) is 5.92 Å². The number of nitrogens with one attached hydrogen (secondary N) is 1. The van der Waals surface area contributed by atoms with E-state index in [9.17, 15) is 18.3 Å². The van der Waals surface area contributed by atoms with Crippen LogP contribution in [0.25, 0.3) is 0 Å². The van der Waals surface area contributed by atoms with E-state index >= 15 is 0 Å². The third kappa shape index (κ3) is 5.11. The van der Waals surface area contributed by atoms with Gasteiger partial charge in [-0.3, -0.25) is 0 Å². The van der Waals surface area contributed by atoms with Crippen molar-refractivity contribution >= 4 is 17.0 Å². The second-order valence-corrected chi connectivity index (χ2v) is 11.9. The Morgan fingerprint density at radius 2 is 1.82 bits per heavy atom. The van der Waals surface area contributed by atoms with Gasteiger partial charge in [-0.15, -0.1) is 11.3 Å². The molecule has 1 aromatic heterocycles. The summed E-state index contributed by atoms with van der Waals surface area (Å²) in [4.78, 5) is 3.40. The summed E-state index contributed by atoms with van der Waals surface area (Å²) in [5.74, 6) is 0.0118. The molecule has 4 nitrogen and oxygen atoms in total. The highest BCUT2D eigenvalue weighted by atomic mass is 32.1. The number of piperidine rings is 1. The van der Waals surface area contributed by atoms with Crippen LogP contribution in [0.1, 0.15) is 59.2 Å². The number of aliphatic hydroxyl groups is 1. The molecule has 2 saturated heterocycles. The Balaban J connectivity index is 1.20. The number of rotatable bonds is 4. The molecule has 8 heteroatoms. The Hall–Kier alpha value is -2.39. The molecule has 4 atom stereocenters. The Morgan fingerprint density at radius 3 is 2.53 bits per heavy atom. The summed E-state index contributed by atoms with van der Waals surface area (Å²) < 4.78 is 47.2. The van der Waals surface area contributed by atoms with Gasteiger partial charge in [-0.1, -0.05) is 36.4 Å². The second kappa shape index (κ2) is 10.3. The summed E-state index contributed by atoms with van der Waals surface area (Å²) in [7, 11) is 0. The van der Waals surface area contributed by atoms with Crippen molar-refractivity contribution in [1.29, 1.82) is 0 Å². The van der Waals surface area contributed by atoms with Gasteiger partial charge in [0.25, 0.3) is 0 Å². The molecular weight excluding hydrogens is 509 g/mol. The maximum Gasteiger partial charge on any atom is 0.416 e. The zero-order chi connectivity index (χ0) is 26.3. The van der Waals surface area contributed by atoms with Crippen LogP contribution in [0.3, 0.4) is 0 Å². The lowest BCUT2D eigenvalue weighted by Gasteiger charge is -2.40. The van der Waals surface area contributed by atoms with Gasteiger partial charge < -0.3 is 20.1 Å². The van der Waals surface area contributed by atoms with Crippen molar-refractivity contribution < 1.29 is 23.0 Å². The van der Waals surface area contributed by atoms with Crippen molar-refractivity contribution in [3.05, 3.63) is 87.6 Å². The fourth-order valence-electron chi connectivity index (χ4n) is 6.52. The summed E-state index contributed by atoms with van der Waals surface area (Å²) >= 11 is 1.60. The number of ether oxygens (including phenoxy) is 1. The molecule has 0 bridgehead atoms. The summed E-state index contributed by atoms with van der Waals surface area (Å²) in [6, 6.07) is 18.3. The fourth-order valence-corrected chi connectivity index (χ4v) is 7.40. The maximum absolute atomic E-state index is 13.6. The number of likely N-dealkylation sites (tertiary alicyclic amines) is 1. The Bertz CT molecular complexity index is 1230. The summed E-state index contributed by atoms with van der Waals surface area (Å²) in [6.07, 6.45) is -1.26. The van der Waals surface area contributed by atoms with Crippen LogP contribution in [0.15, 0.2) is 66.0 Å². The van der Waals surface area contributed by atoms with Gasteiger partial charge in [0, 0.05) is 36.1 Å². The lowest BCUT2D eigenvalue weighted by Crippen LogP contribution is -2.45. The molecule has 3 aliphatic heterocycles. The molecule has 202 valence electrons. The highest BCUT2D eigenvalue weighted by Crippen LogP contribution is 2.49. The van der Waals surface area contributed by atoms with E-state index < -0.39 is 17.3 Å². The average molecular weight is 543 g/mol. The number of alkyl halides is 3. The minimum atomic E-state index is -4.38. The summed E-state index contributed by atoms with van der Waals surface area (Å²) in [6.45, 7) is 2.78. The minimum absolute atomic E-state index is 0.0132. The monoisotopic (exact) mass is 542 g/mol. The molecule has 0 spiro atoms. The minimum Gasteiger partial charge on any atom is -0.384 e. The van der Waals surface area contributed by atoms with Crippen molar-refractivity contribution in [1.82, 2.24) is 4.90 Å². The van der Waals surface area contributed by atoms with Gasteiger partial charge in [-0.25, -0.2) is 0 Å². The summed E-state index contributed by atoms with van der Waals surface area (Å²) in [5, 5.41) is 16.7. The zero-order valence-corrected chi connectivity index (χ0v) is 22.0. The third-order valence-electron chi connectivity index (χ3n) is 8.65. The maximum atomic E-state index is 13.6. The van der Waals surface area contributed by atoms with E-state index in [2.05, 4.69) is 22.3 Å². The van der Waals surface area contributed by atoms with Gasteiger partial charge >= 0.3 is 6.18 Å². The van der Waals surface area contributed by atoms with Crippen LogP contribution in [0.4, 0.5) is 18.9 Å². The largest absolute Gasteiger partial charge is 0.416 e. The van der Waals surface area contributed by atoms with Gasteiger partial charge in [0.2, 0.25) is 0 Å². The lowest BCUT2D eigenvalue weighted by atomic mass is 9.73. The van der Waals surface area contributed by atoms with Crippen LogP contribution in [-0.2, 0) is 16.5 Å². The van der Waals surface area contributed by atoms with Gasteiger partial charge in [0.1, 0.15) is 5.60 Å². The van der Waals surface area contributed by atoms with E-state index in [0.717, 1.165) is 48.6 Å². The van der Waals surface area contributed by atoms with Crippen LogP contribution in [0.5, 0.6) is 0 Å². The van der Waals surface area contributed by atoms with Gasteiger partial charge in [-0.05, 0) is 72.4 Å². The second-order valence-electron chi connectivity index (χ2n) is 10.9. The predicted molar refractivity (Wildman–Crippen MR) is 143 cm³/mol. The molecule has 6 rings (SSSR count). The predicted octanol–water partition coefficient (Wildman–Crippen LogP) is 6.80. The number of hydrogen-bond acceptors (Lipinski definition) is 5. The summed E-state index contributed by atoms with van der Waals surface area (Å²) in [5.41, 5.74) is 1.26. The molecule has 3 aromatic rings. The van der Waals surface area contributed by atoms with E-state index in [1.165, 1.54) is 12.1 Å². The zero-order valence-electron chi connectivity index (χ0n) is 21.2. The molecule has 3 aliphatic rings. The number of anilines is 1. The van der Waals surface area contributed by atoms with Gasteiger partial charge in [0.15, 0.2) is 0 Å². The first-order chi connectivity index (χ1) is 18.3. The Labute approximate surface area is 225 Å². The number of halogens is 3.